The lowest BCUT2D eigenvalue weighted by atomic mass is 9.91. The molecule has 0 radical (unpaired) electrons. The van der Waals surface area contributed by atoms with Gasteiger partial charge in [-0.25, -0.2) is 9.97 Å². The lowest BCUT2D eigenvalue weighted by Crippen LogP contribution is -2.51. The maximum absolute atomic E-state index is 12.7. The van der Waals surface area contributed by atoms with Crippen LogP contribution in [0.5, 0.6) is 0 Å². The number of carbonyl (C=O) groups is 1. The third kappa shape index (κ3) is 5.42. The molecule has 0 bridgehead atoms. The summed E-state index contributed by atoms with van der Waals surface area (Å²) in [5.41, 5.74) is 1.92. The van der Waals surface area contributed by atoms with Crippen LogP contribution >= 0.6 is 24.2 Å². The summed E-state index contributed by atoms with van der Waals surface area (Å²) in [7, 11) is 1.61. The molecule has 1 aliphatic heterocycles. The number of carbonyl (C=O) groups excluding carboxylic acids is 1. The number of piperidine rings is 1. The van der Waals surface area contributed by atoms with E-state index < -0.39 is 5.60 Å². The van der Waals surface area contributed by atoms with Crippen LogP contribution in [0.1, 0.15) is 24.2 Å². The van der Waals surface area contributed by atoms with Crippen LogP contribution in [-0.4, -0.2) is 41.7 Å². The van der Waals surface area contributed by atoms with Gasteiger partial charge in [-0.2, -0.15) is 0 Å². The van der Waals surface area contributed by atoms with Crippen molar-refractivity contribution in [2.45, 2.75) is 42.3 Å². The number of aryl methyl sites for hydroxylation is 2. The van der Waals surface area contributed by atoms with E-state index in [1.165, 1.54) is 11.8 Å². The highest BCUT2D eigenvalue weighted by Crippen LogP contribution is 2.28. The number of hydrogen-bond acceptors (Lipinski definition) is 6. The molecule has 27 heavy (non-hydrogen) atoms. The van der Waals surface area contributed by atoms with E-state index in [2.05, 4.69) is 20.6 Å². The normalized spacial score (nSPS) is 15.7. The summed E-state index contributed by atoms with van der Waals surface area (Å²) in [4.78, 5) is 22.6. The summed E-state index contributed by atoms with van der Waals surface area (Å²) in [6.07, 6.45) is 1.35. The Morgan fingerprint density at radius 3 is 2.30 bits per heavy atom. The monoisotopic (exact) mass is 408 g/mol. The average Bonchev–Trinajstić information content (AvgIpc) is 2.63. The molecule has 0 spiro atoms. The first-order valence-corrected chi connectivity index (χ1v) is 9.50. The van der Waals surface area contributed by atoms with Crippen molar-refractivity contribution in [1.82, 2.24) is 15.3 Å². The maximum Gasteiger partial charge on any atom is 0.256 e. The van der Waals surface area contributed by atoms with Crippen molar-refractivity contribution >= 4 is 35.8 Å². The molecule has 1 amide bonds. The zero-order valence-electron chi connectivity index (χ0n) is 15.7. The quantitative estimate of drug-likeness (QED) is 0.738. The van der Waals surface area contributed by atoms with Crippen LogP contribution in [0.25, 0.3) is 0 Å². The first-order valence-electron chi connectivity index (χ1n) is 8.68. The van der Waals surface area contributed by atoms with E-state index in [1.807, 2.05) is 44.2 Å². The molecule has 1 aliphatic rings. The number of amides is 1. The van der Waals surface area contributed by atoms with Crippen LogP contribution in [0.3, 0.4) is 0 Å². The smallest absolute Gasteiger partial charge is 0.256 e. The predicted octanol–water partition coefficient (Wildman–Crippen LogP) is 3.37. The van der Waals surface area contributed by atoms with Crippen molar-refractivity contribution in [2.75, 3.05) is 25.5 Å². The first-order chi connectivity index (χ1) is 12.5. The second kappa shape index (κ2) is 9.50. The van der Waals surface area contributed by atoms with Gasteiger partial charge in [0.2, 0.25) is 0 Å². The molecule has 2 aromatic rings. The summed E-state index contributed by atoms with van der Waals surface area (Å²) >= 11 is 1.51. The number of anilines is 1. The molecule has 1 aromatic heterocycles. The molecule has 0 aliphatic carbocycles. The second-order valence-electron chi connectivity index (χ2n) is 6.46. The SMILES string of the molecule is COC1(C(=O)Nc2ccc(Sc3nc(C)cc(C)n3)cc2)CCNCC1.Cl. The highest BCUT2D eigenvalue weighted by molar-refractivity contribution is 7.99. The minimum atomic E-state index is -0.744. The number of benzene rings is 1. The molecular formula is C19H25ClN4O2S. The average molecular weight is 409 g/mol. The minimum absolute atomic E-state index is 0. The molecular weight excluding hydrogens is 384 g/mol. The fraction of sp³-hybridized carbons (Fsp3) is 0.421. The van der Waals surface area contributed by atoms with Crippen LogP contribution in [-0.2, 0) is 9.53 Å². The van der Waals surface area contributed by atoms with E-state index in [0.29, 0.717) is 12.8 Å². The highest BCUT2D eigenvalue weighted by atomic mass is 35.5. The lowest BCUT2D eigenvalue weighted by molar-refractivity contribution is -0.140. The number of halogens is 1. The lowest BCUT2D eigenvalue weighted by Gasteiger charge is -2.34. The molecule has 3 rings (SSSR count). The van der Waals surface area contributed by atoms with Gasteiger partial charge in [0.05, 0.1) is 0 Å². The molecule has 0 atom stereocenters. The van der Waals surface area contributed by atoms with Gasteiger partial charge in [-0.1, -0.05) is 0 Å². The number of aromatic nitrogens is 2. The summed E-state index contributed by atoms with van der Waals surface area (Å²) in [5.74, 6) is -0.0838. The van der Waals surface area contributed by atoms with Crippen molar-refractivity contribution in [3.8, 4) is 0 Å². The van der Waals surface area contributed by atoms with Crippen LogP contribution < -0.4 is 10.6 Å². The molecule has 6 nitrogen and oxygen atoms in total. The summed E-state index contributed by atoms with van der Waals surface area (Å²) in [6, 6.07) is 9.67. The van der Waals surface area contributed by atoms with E-state index in [4.69, 9.17) is 4.74 Å². The van der Waals surface area contributed by atoms with E-state index in [1.54, 1.807) is 7.11 Å². The fourth-order valence-electron chi connectivity index (χ4n) is 3.05. The summed E-state index contributed by atoms with van der Waals surface area (Å²) in [5, 5.41) is 6.97. The van der Waals surface area contributed by atoms with E-state index >= 15 is 0 Å². The molecule has 1 aromatic carbocycles. The molecule has 2 N–H and O–H groups in total. The Labute approximate surface area is 170 Å². The zero-order valence-corrected chi connectivity index (χ0v) is 17.4. The van der Waals surface area contributed by atoms with Crippen molar-refractivity contribution in [1.29, 1.82) is 0 Å². The van der Waals surface area contributed by atoms with Crippen LogP contribution in [0, 0.1) is 13.8 Å². The Kier molecular flexibility index (Phi) is 7.61. The zero-order chi connectivity index (χ0) is 18.6. The number of ether oxygens (including phenoxy) is 1. The Hall–Kier alpha value is -1.67. The van der Waals surface area contributed by atoms with Crippen molar-refractivity contribution in [3.05, 3.63) is 41.7 Å². The van der Waals surface area contributed by atoms with E-state index in [-0.39, 0.29) is 18.3 Å². The van der Waals surface area contributed by atoms with Gasteiger partial charge in [0.1, 0.15) is 5.60 Å². The van der Waals surface area contributed by atoms with Crippen molar-refractivity contribution in [2.24, 2.45) is 0 Å². The van der Waals surface area contributed by atoms with Crippen molar-refractivity contribution in [3.63, 3.8) is 0 Å². The number of nitrogens with one attached hydrogen (secondary N) is 2. The molecule has 1 saturated heterocycles. The largest absolute Gasteiger partial charge is 0.368 e. The van der Waals surface area contributed by atoms with Gasteiger partial charge in [0.15, 0.2) is 5.16 Å². The van der Waals surface area contributed by atoms with Gasteiger partial charge in [0, 0.05) is 29.1 Å². The van der Waals surface area contributed by atoms with Gasteiger partial charge >= 0.3 is 0 Å². The Morgan fingerprint density at radius 1 is 1.15 bits per heavy atom. The molecule has 8 heteroatoms. The topological polar surface area (TPSA) is 76.1 Å². The number of rotatable bonds is 5. The molecule has 0 saturated carbocycles. The number of hydrogen-bond donors (Lipinski definition) is 2. The van der Waals surface area contributed by atoms with E-state index in [9.17, 15) is 4.79 Å². The first kappa shape index (κ1) is 21.6. The Morgan fingerprint density at radius 2 is 1.74 bits per heavy atom. The molecule has 1 fully saturated rings. The molecule has 146 valence electrons. The fourth-order valence-corrected chi connectivity index (χ4v) is 3.91. The Bertz CT molecular complexity index is 760. The minimum Gasteiger partial charge on any atom is -0.368 e. The van der Waals surface area contributed by atoms with Gasteiger partial charge in [0.25, 0.3) is 5.91 Å². The van der Waals surface area contributed by atoms with Gasteiger partial charge in [-0.05, 0) is 81.9 Å². The number of nitrogens with zero attached hydrogens (tertiary/aromatic N) is 2. The van der Waals surface area contributed by atoms with E-state index in [0.717, 1.165) is 40.2 Å². The van der Waals surface area contributed by atoms with Gasteiger partial charge in [-0.3, -0.25) is 4.79 Å². The molecule has 2 heterocycles. The highest BCUT2D eigenvalue weighted by Gasteiger charge is 2.39. The van der Waals surface area contributed by atoms with Gasteiger partial charge < -0.3 is 15.4 Å². The number of methoxy groups -OCH3 is 1. The van der Waals surface area contributed by atoms with Crippen LogP contribution in [0.15, 0.2) is 40.4 Å². The van der Waals surface area contributed by atoms with Crippen LogP contribution in [0.2, 0.25) is 0 Å². The Balaban J connectivity index is 0.00000261. The van der Waals surface area contributed by atoms with Gasteiger partial charge in [-0.15, -0.1) is 12.4 Å². The molecule has 0 unspecified atom stereocenters. The predicted molar refractivity (Wildman–Crippen MR) is 110 cm³/mol. The van der Waals surface area contributed by atoms with Crippen molar-refractivity contribution < 1.29 is 9.53 Å². The standard InChI is InChI=1S/C19H24N4O2S.ClH/c1-13-12-14(2)22-18(21-13)26-16-6-4-15(5-7-16)23-17(24)19(25-3)8-10-20-11-9-19;/h4-7,12,20H,8-11H2,1-3H3,(H,23,24);1H. The maximum atomic E-state index is 12.7. The van der Waals surface area contributed by atoms with Crippen LogP contribution in [0.4, 0.5) is 5.69 Å². The summed E-state index contributed by atoms with van der Waals surface area (Å²) in [6.45, 7) is 5.49. The third-order valence-corrected chi connectivity index (χ3v) is 5.37. The second-order valence-corrected chi connectivity index (χ2v) is 7.50. The third-order valence-electron chi connectivity index (χ3n) is 4.50. The summed E-state index contributed by atoms with van der Waals surface area (Å²) < 4.78 is 5.57.